The molecule has 4 aromatic rings. The summed E-state index contributed by atoms with van der Waals surface area (Å²) in [4.78, 5) is 36.3. The number of amides is 1. The van der Waals surface area contributed by atoms with Crippen LogP contribution in [0.15, 0.2) is 53.8 Å². The molecule has 1 N–H and O–H groups in total. The number of imidazole rings is 1. The number of nitrogens with one attached hydrogen (secondary N) is 1. The third kappa shape index (κ3) is 3.10. The highest BCUT2D eigenvalue weighted by atomic mass is 16.2. The van der Waals surface area contributed by atoms with E-state index in [1.807, 2.05) is 48.0 Å². The molecule has 0 saturated heterocycles. The van der Waals surface area contributed by atoms with Gasteiger partial charge >= 0.3 is 0 Å². The quantitative estimate of drug-likeness (QED) is 0.556. The van der Waals surface area contributed by atoms with Crippen LogP contribution in [-0.2, 0) is 24.4 Å². The highest BCUT2D eigenvalue weighted by Gasteiger charge is 2.29. The fraction of sp³-hybridized carbons (Fsp3) is 0.273. The molecule has 5 rings (SSSR count). The number of rotatable bonds is 5. The monoisotopic (exact) mass is 402 g/mol. The number of carbonyl (C=O) groups is 1. The van der Waals surface area contributed by atoms with Crippen molar-refractivity contribution in [1.29, 1.82) is 0 Å². The number of fused-ring (bicyclic) bond motifs is 2. The zero-order chi connectivity index (χ0) is 20.7. The number of H-pyrrole nitrogens is 1. The van der Waals surface area contributed by atoms with Crippen molar-refractivity contribution in [3.05, 3.63) is 76.4 Å². The Kier molecular flexibility index (Phi) is 4.46. The van der Waals surface area contributed by atoms with E-state index < -0.39 is 0 Å². The topological polar surface area (TPSA) is 88.3 Å². The Morgan fingerprint density at radius 1 is 1.20 bits per heavy atom. The summed E-state index contributed by atoms with van der Waals surface area (Å²) in [6.45, 7) is 3.38. The minimum absolute atomic E-state index is 0.0423. The van der Waals surface area contributed by atoms with Crippen LogP contribution in [-0.4, -0.2) is 35.0 Å². The second-order valence-electron chi connectivity index (χ2n) is 7.63. The summed E-state index contributed by atoms with van der Waals surface area (Å²) in [5, 5.41) is 3.15. The Labute approximate surface area is 172 Å². The Morgan fingerprint density at radius 2 is 2.03 bits per heavy atom. The third-order valence-corrected chi connectivity index (χ3v) is 5.61. The van der Waals surface area contributed by atoms with Gasteiger partial charge in [0, 0.05) is 36.6 Å². The molecule has 30 heavy (non-hydrogen) atoms. The molecule has 0 atom stereocenters. The molecule has 152 valence electrons. The van der Waals surface area contributed by atoms with Gasteiger partial charge in [0.25, 0.3) is 5.56 Å². The van der Waals surface area contributed by atoms with Crippen LogP contribution in [0, 0.1) is 6.92 Å². The molecule has 0 radical (unpaired) electrons. The van der Waals surface area contributed by atoms with E-state index in [2.05, 4.69) is 10.1 Å². The van der Waals surface area contributed by atoms with Gasteiger partial charge in [0.1, 0.15) is 0 Å². The normalized spacial score (nSPS) is 13.2. The predicted molar refractivity (Wildman–Crippen MR) is 112 cm³/mol. The molecular weight excluding hydrogens is 380 g/mol. The van der Waals surface area contributed by atoms with E-state index in [9.17, 15) is 9.59 Å². The molecule has 8 heteroatoms. The SMILES string of the molecule is Cc1[nH]n2c(=O)c3c(nc2c1-c1ccccc1)CN(C(=O)CCCn1ccnc1)C3. The van der Waals surface area contributed by atoms with Crippen molar-refractivity contribution >= 4 is 11.6 Å². The number of hydrogen-bond acceptors (Lipinski definition) is 4. The molecule has 8 nitrogen and oxygen atoms in total. The number of aromatic amines is 1. The van der Waals surface area contributed by atoms with E-state index in [-0.39, 0.29) is 11.5 Å². The van der Waals surface area contributed by atoms with Crippen LogP contribution in [0.25, 0.3) is 16.8 Å². The first kappa shape index (κ1) is 18.4. The van der Waals surface area contributed by atoms with E-state index in [0.29, 0.717) is 36.4 Å². The molecule has 0 spiro atoms. The van der Waals surface area contributed by atoms with Crippen molar-refractivity contribution in [1.82, 2.24) is 29.0 Å². The van der Waals surface area contributed by atoms with Crippen molar-refractivity contribution in [3.63, 3.8) is 0 Å². The minimum Gasteiger partial charge on any atom is -0.337 e. The Bertz CT molecular complexity index is 1270. The smallest absolute Gasteiger partial charge is 0.278 e. The third-order valence-electron chi connectivity index (χ3n) is 5.61. The average Bonchev–Trinajstić information content (AvgIpc) is 3.47. The van der Waals surface area contributed by atoms with E-state index in [1.54, 1.807) is 17.4 Å². The molecule has 0 fully saturated rings. The molecule has 1 aliphatic rings. The summed E-state index contributed by atoms with van der Waals surface area (Å²) < 4.78 is 3.46. The van der Waals surface area contributed by atoms with E-state index in [0.717, 1.165) is 29.8 Å². The van der Waals surface area contributed by atoms with Gasteiger partial charge in [-0.3, -0.25) is 14.7 Å². The fourth-order valence-electron chi connectivity index (χ4n) is 4.10. The minimum atomic E-state index is -0.131. The zero-order valence-electron chi connectivity index (χ0n) is 16.7. The first-order valence-electron chi connectivity index (χ1n) is 10.0. The van der Waals surface area contributed by atoms with Crippen molar-refractivity contribution in [2.45, 2.75) is 39.4 Å². The lowest BCUT2D eigenvalue weighted by atomic mass is 10.1. The van der Waals surface area contributed by atoms with Gasteiger partial charge in [-0.25, -0.2) is 14.5 Å². The van der Waals surface area contributed by atoms with E-state index in [4.69, 9.17) is 4.98 Å². The highest BCUT2D eigenvalue weighted by Crippen LogP contribution is 2.28. The van der Waals surface area contributed by atoms with Crippen molar-refractivity contribution in [2.24, 2.45) is 0 Å². The molecule has 1 aromatic carbocycles. The van der Waals surface area contributed by atoms with Crippen LogP contribution in [0.1, 0.15) is 29.8 Å². The molecule has 0 bridgehead atoms. The summed E-state index contributed by atoms with van der Waals surface area (Å²) in [6, 6.07) is 9.90. The fourth-order valence-corrected chi connectivity index (χ4v) is 4.10. The molecule has 1 aliphatic heterocycles. The average molecular weight is 402 g/mol. The molecular formula is C22H22N6O2. The zero-order valence-corrected chi connectivity index (χ0v) is 16.7. The maximum absolute atomic E-state index is 13.1. The van der Waals surface area contributed by atoms with Gasteiger partial charge in [-0.2, -0.15) is 0 Å². The Hall–Kier alpha value is -3.68. The van der Waals surface area contributed by atoms with Gasteiger partial charge < -0.3 is 9.47 Å². The summed E-state index contributed by atoms with van der Waals surface area (Å²) in [5.41, 5.74) is 4.58. The molecule has 0 aliphatic carbocycles. The van der Waals surface area contributed by atoms with Crippen LogP contribution < -0.4 is 5.56 Å². The molecule has 4 heterocycles. The van der Waals surface area contributed by atoms with Gasteiger partial charge in [0.2, 0.25) is 5.91 Å². The highest BCUT2D eigenvalue weighted by molar-refractivity contribution is 5.80. The largest absolute Gasteiger partial charge is 0.337 e. The first-order chi connectivity index (χ1) is 14.6. The van der Waals surface area contributed by atoms with Gasteiger partial charge in [-0.05, 0) is 18.9 Å². The standard InChI is InChI=1S/C22H22N6O2/c1-15-20(16-6-3-2-4-7-16)21-24-18-13-27(12-17(18)22(30)28(21)25-15)19(29)8-5-10-26-11-9-23-14-26/h2-4,6-7,9,11,14,25H,5,8,10,12-13H2,1H3. The lowest BCUT2D eigenvalue weighted by Gasteiger charge is -2.14. The van der Waals surface area contributed by atoms with Gasteiger partial charge in [-0.1, -0.05) is 30.3 Å². The number of hydrogen-bond donors (Lipinski definition) is 1. The van der Waals surface area contributed by atoms with Crippen LogP contribution >= 0.6 is 0 Å². The molecule has 0 unspecified atom stereocenters. The number of aromatic nitrogens is 5. The number of benzene rings is 1. The molecule has 3 aromatic heterocycles. The summed E-state index contributed by atoms with van der Waals surface area (Å²) >= 11 is 0. The van der Waals surface area contributed by atoms with Crippen LogP contribution in [0.2, 0.25) is 0 Å². The second-order valence-corrected chi connectivity index (χ2v) is 7.63. The van der Waals surface area contributed by atoms with E-state index in [1.165, 1.54) is 4.52 Å². The Morgan fingerprint density at radius 3 is 2.80 bits per heavy atom. The van der Waals surface area contributed by atoms with Crippen molar-refractivity contribution in [2.75, 3.05) is 0 Å². The van der Waals surface area contributed by atoms with Crippen molar-refractivity contribution in [3.8, 4) is 11.1 Å². The van der Waals surface area contributed by atoms with E-state index >= 15 is 0 Å². The maximum Gasteiger partial charge on any atom is 0.278 e. The summed E-state index contributed by atoms with van der Waals surface area (Å²) in [7, 11) is 0. The number of aryl methyl sites for hydroxylation is 2. The Balaban J connectivity index is 1.40. The lowest BCUT2D eigenvalue weighted by molar-refractivity contribution is -0.132. The first-order valence-corrected chi connectivity index (χ1v) is 10.0. The van der Waals surface area contributed by atoms with Gasteiger partial charge in [0.15, 0.2) is 5.65 Å². The summed E-state index contributed by atoms with van der Waals surface area (Å²) in [6.07, 6.45) is 6.52. The number of carbonyl (C=O) groups excluding carboxylic acids is 1. The molecule has 1 amide bonds. The van der Waals surface area contributed by atoms with Gasteiger partial charge in [0.05, 0.1) is 30.7 Å². The van der Waals surface area contributed by atoms with Gasteiger partial charge in [-0.15, -0.1) is 0 Å². The lowest BCUT2D eigenvalue weighted by Crippen LogP contribution is -2.26. The summed E-state index contributed by atoms with van der Waals surface area (Å²) in [5.74, 6) is 0.0423. The van der Waals surface area contributed by atoms with Crippen LogP contribution in [0.3, 0.4) is 0 Å². The van der Waals surface area contributed by atoms with Crippen LogP contribution in [0.4, 0.5) is 0 Å². The van der Waals surface area contributed by atoms with Crippen molar-refractivity contribution < 1.29 is 4.79 Å². The van der Waals surface area contributed by atoms with Crippen LogP contribution in [0.5, 0.6) is 0 Å². The second kappa shape index (κ2) is 7.29. The number of nitrogens with zero attached hydrogens (tertiary/aromatic N) is 5. The molecule has 0 saturated carbocycles. The maximum atomic E-state index is 13.1. The predicted octanol–water partition coefficient (Wildman–Crippen LogP) is 2.52.